The van der Waals surface area contributed by atoms with Crippen LogP contribution in [0.4, 0.5) is 22.0 Å². The number of carbonyl (C=O) groups excluding carboxylic acids is 1. The molecule has 0 aromatic heterocycles. The third-order valence-electron chi connectivity index (χ3n) is 6.14. The molecule has 2 aromatic carbocycles. The molecule has 2 aromatic rings. The van der Waals surface area contributed by atoms with Gasteiger partial charge in [0.2, 0.25) is 10.9 Å². The zero-order chi connectivity index (χ0) is 24.5. The molecule has 3 heterocycles. The summed E-state index contributed by atoms with van der Waals surface area (Å²) in [5.41, 5.74) is 2.01. The Kier molecular flexibility index (Phi) is 5.66. The van der Waals surface area contributed by atoms with E-state index in [9.17, 15) is 22.4 Å². The van der Waals surface area contributed by atoms with Crippen molar-refractivity contribution in [2.45, 2.75) is 36.2 Å². The summed E-state index contributed by atoms with van der Waals surface area (Å²) in [6.45, 7) is 0.310. The lowest BCUT2D eigenvalue weighted by Gasteiger charge is -2.47. The smallest absolute Gasteiger partial charge is 0.362 e. The lowest BCUT2D eigenvalue weighted by molar-refractivity contribution is -0.185. The minimum Gasteiger partial charge on any atom is -0.362 e. The van der Waals surface area contributed by atoms with Crippen molar-refractivity contribution >= 4 is 46.8 Å². The highest BCUT2D eigenvalue weighted by Crippen LogP contribution is 2.50. The molecule has 4 nitrogen and oxygen atoms in total. The van der Waals surface area contributed by atoms with Crippen molar-refractivity contribution in [1.82, 2.24) is 4.90 Å². The number of amides is 1. The standard InChI is InChI=1S/C22H15Cl2F5N2O2S/c23-15-4-13(5-16(24)19(15)25)21(26)6-17(30-34-21)11-1-2-14-12(3-11)8-33-20(14)9-31(10-20)18(32)7-22(27,28)29/h1-5H,6-10H2. The zero-order valence-corrected chi connectivity index (χ0v) is 19.5. The zero-order valence-electron chi connectivity index (χ0n) is 17.2. The van der Waals surface area contributed by atoms with Gasteiger partial charge in [-0.05, 0) is 34.9 Å². The van der Waals surface area contributed by atoms with E-state index in [1.165, 1.54) is 12.1 Å². The van der Waals surface area contributed by atoms with Gasteiger partial charge >= 0.3 is 6.18 Å². The Morgan fingerprint density at radius 1 is 1.18 bits per heavy atom. The first-order chi connectivity index (χ1) is 15.9. The van der Waals surface area contributed by atoms with Crippen LogP contribution < -0.4 is 0 Å². The van der Waals surface area contributed by atoms with Crippen molar-refractivity contribution in [3.05, 3.63) is 68.4 Å². The van der Waals surface area contributed by atoms with Gasteiger partial charge in [-0.25, -0.2) is 13.2 Å². The molecule has 3 aliphatic heterocycles. The van der Waals surface area contributed by atoms with Crippen molar-refractivity contribution < 1.29 is 31.5 Å². The Balaban J connectivity index is 1.31. The predicted molar refractivity (Wildman–Crippen MR) is 118 cm³/mol. The minimum atomic E-state index is -4.56. The van der Waals surface area contributed by atoms with Crippen LogP contribution in [-0.4, -0.2) is 35.8 Å². The van der Waals surface area contributed by atoms with E-state index in [4.69, 9.17) is 27.9 Å². The van der Waals surface area contributed by atoms with E-state index in [-0.39, 0.29) is 41.7 Å². The van der Waals surface area contributed by atoms with Crippen molar-refractivity contribution in [3.8, 4) is 0 Å². The van der Waals surface area contributed by atoms with E-state index in [0.717, 1.165) is 16.0 Å². The van der Waals surface area contributed by atoms with Crippen molar-refractivity contribution in [2.24, 2.45) is 4.40 Å². The third-order valence-corrected chi connectivity index (χ3v) is 7.67. The number of hydrogen-bond donors (Lipinski definition) is 0. The van der Waals surface area contributed by atoms with Crippen molar-refractivity contribution in [1.29, 1.82) is 0 Å². The lowest BCUT2D eigenvalue weighted by atomic mass is 9.84. The average Bonchev–Trinajstić information content (AvgIpc) is 3.31. The molecular weight excluding hydrogens is 522 g/mol. The molecule has 0 bridgehead atoms. The highest BCUT2D eigenvalue weighted by Gasteiger charge is 2.53. The van der Waals surface area contributed by atoms with Gasteiger partial charge in [-0.15, -0.1) is 0 Å². The van der Waals surface area contributed by atoms with Crippen LogP contribution in [0.15, 0.2) is 34.7 Å². The van der Waals surface area contributed by atoms with Gasteiger partial charge in [0, 0.05) is 23.9 Å². The quantitative estimate of drug-likeness (QED) is 0.262. The average molecular weight is 537 g/mol. The van der Waals surface area contributed by atoms with Crippen LogP contribution in [0, 0.1) is 5.82 Å². The summed E-state index contributed by atoms with van der Waals surface area (Å²) < 4.78 is 77.0. The second-order valence-electron chi connectivity index (χ2n) is 8.49. The van der Waals surface area contributed by atoms with Crippen molar-refractivity contribution in [3.63, 3.8) is 0 Å². The molecular formula is C22H15Cl2F5N2O2S. The SMILES string of the molecule is O=C(CC(F)(F)F)N1CC2(C1)OCc1cc(C3=NSC(F)(c4cc(Cl)c(F)c(Cl)c4)C3)ccc12. The molecule has 34 heavy (non-hydrogen) atoms. The normalized spacial score (nSPS) is 23.1. The fraction of sp³-hybridized carbons (Fsp3) is 0.364. The van der Waals surface area contributed by atoms with Crippen LogP contribution in [0.3, 0.4) is 0 Å². The number of ether oxygens (including phenoxy) is 1. The Morgan fingerprint density at radius 3 is 2.50 bits per heavy atom. The molecule has 180 valence electrons. The molecule has 1 spiro atoms. The maximum atomic E-state index is 15.6. The van der Waals surface area contributed by atoms with Gasteiger partial charge in [0.25, 0.3) is 0 Å². The van der Waals surface area contributed by atoms with Crippen LogP contribution in [-0.2, 0) is 26.7 Å². The first kappa shape index (κ1) is 23.8. The van der Waals surface area contributed by atoms with Crippen molar-refractivity contribution in [2.75, 3.05) is 13.1 Å². The number of alkyl halides is 4. The van der Waals surface area contributed by atoms with Crippen LogP contribution in [0.25, 0.3) is 0 Å². The summed E-state index contributed by atoms with van der Waals surface area (Å²) in [6.07, 6.45) is -6.15. The van der Waals surface area contributed by atoms with E-state index in [0.29, 0.717) is 23.2 Å². The van der Waals surface area contributed by atoms with Gasteiger partial charge < -0.3 is 9.64 Å². The minimum absolute atomic E-state index is 0.0464. The van der Waals surface area contributed by atoms with Gasteiger partial charge in [-0.1, -0.05) is 35.3 Å². The number of hydrogen-bond acceptors (Lipinski definition) is 4. The highest BCUT2D eigenvalue weighted by atomic mass is 35.5. The summed E-state index contributed by atoms with van der Waals surface area (Å²) in [6, 6.07) is 7.71. The van der Waals surface area contributed by atoms with E-state index in [2.05, 4.69) is 4.40 Å². The number of rotatable bonds is 3. The molecule has 1 atom stereocenters. The Labute approximate surface area is 205 Å². The number of benzene rings is 2. The molecule has 1 unspecified atom stereocenters. The summed E-state index contributed by atoms with van der Waals surface area (Å²) in [5.74, 6) is -1.80. The van der Waals surface area contributed by atoms with Crippen LogP contribution in [0.5, 0.6) is 0 Å². The summed E-state index contributed by atoms with van der Waals surface area (Å²) in [5, 5.41) is -2.53. The fourth-order valence-corrected chi connectivity index (χ4v) is 5.75. The Bertz CT molecular complexity index is 1210. The number of halogens is 7. The van der Waals surface area contributed by atoms with E-state index in [1.54, 1.807) is 18.2 Å². The monoisotopic (exact) mass is 536 g/mol. The van der Waals surface area contributed by atoms with Gasteiger partial charge in [0.1, 0.15) is 12.0 Å². The second kappa shape index (κ2) is 8.08. The van der Waals surface area contributed by atoms with Gasteiger partial charge in [-0.3, -0.25) is 4.79 Å². The van der Waals surface area contributed by atoms with E-state index in [1.807, 2.05) is 0 Å². The van der Waals surface area contributed by atoms with E-state index < -0.39 is 34.9 Å². The molecule has 1 amide bonds. The van der Waals surface area contributed by atoms with Gasteiger partial charge in [0.05, 0.1) is 35.5 Å². The molecule has 3 aliphatic rings. The number of nitrogens with zero attached hydrogens (tertiary/aromatic N) is 2. The fourth-order valence-electron chi connectivity index (χ4n) is 4.41. The molecule has 0 aliphatic carbocycles. The Morgan fingerprint density at radius 2 is 1.85 bits per heavy atom. The first-order valence-corrected chi connectivity index (χ1v) is 11.6. The largest absolute Gasteiger partial charge is 0.397 e. The molecule has 0 radical (unpaired) electrons. The van der Waals surface area contributed by atoms with Crippen LogP contribution >= 0.6 is 35.1 Å². The molecule has 0 saturated carbocycles. The summed E-state index contributed by atoms with van der Waals surface area (Å²) in [4.78, 5) is 12.9. The van der Waals surface area contributed by atoms with Gasteiger partial charge in [0.15, 0.2) is 5.82 Å². The maximum Gasteiger partial charge on any atom is 0.397 e. The van der Waals surface area contributed by atoms with Gasteiger partial charge in [-0.2, -0.15) is 13.2 Å². The second-order valence-corrected chi connectivity index (χ2v) is 10.3. The molecule has 12 heteroatoms. The maximum absolute atomic E-state index is 15.6. The molecule has 5 rings (SSSR count). The molecule has 1 saturated heterocycles. The molecule has 1 fully saturated rings. The first-order valence-electron chi connectivity index (χ1n) is 10.1. The number of likely N-dealkylation sites (tertiary alicyclic amines) is 1. The highest BCUT2D eigenvalue weighted by molar-refractivity contribution is 7.99. The topological polar surface area (TPSA) is 41.9 Å². The molecule has 0 N–H and O–H groups in total. The summed E-state index contributed by atoms with van der Waals surface area (Å²) in [7, 11) is 0. The van der Waals surface area contributed by atoms with Crippen LogP contribution in [0.1, 0.15) is 35.1 Å². The summed E-state index contributed by atoms with van der Waals surface area (Å²) >= 11 is 12.3. The number of fused-ring (bicyclic) bond motifs is 2. The Hall–Kier alpha value is -1.88. The predicted octanol–water partition coefficient (Wildman–Crippen LogP) is 6.32. The van der Waals surface area contributed by atoms with Crippen LogP contribution in [0.2, 0.25) is 10.0 Å². The lowest BCUT2D eigenvalue weighted by Crippen LogP contribution is -2.61. The third kappa shape index (κ3) is 4.08. The van der Waals surface area contributed by atoms with E-state index >= 15 is 4.39 Å². The number of carbonyl (C=O) groups is 1.